The Labute approximate surface area is 168 Å². The first-order valence-corrected chi connectivity index (χ1v) is 11.1. The minimum atomic E-state index is -3.56. The molecule has 0 atom stereocenters. The van der Waals surface area contributed by atoms with Crippen LogP contribution in [-0.2, 0) is 21.2 Å². The van der Waals surface area contributed by atoms with Crippen LogP contribution in [0.2, 0.25) is 0 Å². The normalized spacial score (nSPS) is 11.1. The maximum Gasteiger partial charge on any atom is 0.240 e. The number of carbonyl (C=O) groups excluding carboxylic acids is 1. The van der Waals surface area contributed by atoms with Crippen molar-refractivity contribution in [3.05, 3.63) is 58.6 Å². The molecular formula is C19H23BrN2O4S. The number of sulfonamides is 1. The molecule has 0 aromatic heterocycles. The van der Waals surface area contributed by atoms with Gasteiger partial charge in [-0.05, 0) is 54.8 Å². The van der Waals surface area contributed by atoms with Gasteiger partial charge in [0.25, 0.3) is 0 Å². The lowest BCUT2D eigenvalue weighted by molar-refractivity contribution is -0.119. The van der Waals surface area contributed by atoms with E-state index in [1.165, 1.54) is 0 Å². The summed E-state index contributed by atoms with van der Waals surface area (Å²) in [5.41, 5.74) is 1.60. The van der Waals surface area contributed by atoms with Gasteiger partial charge in [0.05, 0.1) is 19.1 Å². The lowest BCUT2D eigenvalue weighted by atomic mass is 10.1. The van der Waals surface area contributed by atoms with Gasteiger partial charge in [0.15, 0.2) is 0 Å². The maximum absolute atomic E-state index is 12.2. The Hall–Kier alpha value is -2.06. The molecule has 0 aliphatic rings. The van der Waals surface area contributed by atoms with Crippen LogP contribution in [0, 0.1) is 0 Å². The number of hydrogen-bond donors (Lipinski definition) is 1. The largest absolute Gasteiger partial charge is 0.497 e. The van der Waals surface area contributed by atoms with Crippen LogP contribution in [-0.4, -0.2) is 40.8 Å². The number of carbonyl (C=O) groups is 1. The van der Waals surface area contributed by atoms with Crippen molar-refractivity contribution < 1.29 is 17.9 Å². The molecule has 8 heteroatoms. The summed E-state index contributed by atoms with van der Waals surface area (Å²) in [4.78, 5) is 12.2. The van der Waals surface area contributed by atoms with E-state index < -0.39 is 10.0 Å². The van der Waals surface area contributed by atoms with Gasteiger partial charge in [-0.2, -0.15) is 0 Å². The highest BCUT2D eigenvalue weighted by molar-refractivity contribution is 9.10. The molecule has 0 aliphatic heterocycles. The second kappa shape index (κ2) is 9.75. The fraction of sp³-hybridized carbons (Fsp3) is 0.316. The highest BCUT2D eigenvalue weighted by Gasteiger charge is 2.20. The van der Waals surface area contributed by atoms with Gasteiger partial charge in [0.1, 0.15) is 12.3 Å². The van der Waals surface area contributed by atoms with E-state index in [1.807, 2.05) is 24.3 Å². The Kier molecular flexibility index (Phi) is 7.67. The standard InChI is InChI=1S/C19H23BrN2O4S/c1-26-18-11-5-15(6-12-18)4-3-13-21-19(23)14-22(27(2,24)25)17-9-7-16(20)8-10-17/h5-12H,3-4,13-14H2,1-2H3,(H,21,23). The molecular weight excluding hydrogens is 432 g/mol. The summed E-state index contributed by atoms with van der Waals surface area (Å²) in [6.45, 7) is 0.228. The predicted octanol–water partition coefficient (Wildman–Crippen LogP) is 2.97. The number of methoxy groups -OCH3 is 1. The minimum absolute atomic E-state index is 0.247. The first-order valence-electron chi connectivity index (χ1n) is 8.42. The Morgan fingerprint density at radius 3 is 2.30 bits per heavy atom. The second-order valence-electron chi connectivity index (χ2n) is 6.05. The number of nitrogens with one attached hydrogen (secondary N) is 1. The van der Waals surface area contributed by atoms with Crippen molar-refractivity contribution in [3.8, 4) is 5.75 Å². The van der Waals surface area contributed by atoms with E-state index in [4.69, 9.17) is 4.74 Å². The number of nitrogens with zero attached hydrogens (tertiary/aromatic N) is 1. The zero-order valence-corrected chi connectivity index (χ0v) is 17.7. The molecule has 0 saturated heterocycles. The summed E-state index contributed by atoms with van der Waals surface area (Å²) in [6, 6.07) is 14.6. The first kappa shape index (κ1) is 21.2. The average molecular weight is 455 g/mol. The van der Waals surface area contributed by atoms with E-state index in [2.05, 4.69) is 21.2 Å². The Bertz CT molecular complexity index is 852. The number of aryl methyl sites for hydroxylation is 1. The van der Waals surface area contributed by atoms with Gasteiger partial charge in [-0.1, -0.05) is 28.1 Å². The number of ether oxygens (including phenoxy) is 1. The van der Waals surface area contributed by atoms with Gasteiger partial charge in [0, 0.05) is 11.0 Å². The summed E-state index contributed by atoms with van der Waals surface area (Å²) in [7, 11) is -1.94. The van der Waals surface area contributed by atoms with Gasteiger partial charge >= 0.3 is 0 Å². The molecule has 2 aromatic carbocycles. The number of benzene rings is 2. The van der Waals surface area contributed by atoms with Crippen LogP contribution in [0.1, 0.15) is 12.0 Å². The SMILES string of the molecule is COc1ccc(CCCNC(=O)CN(c2ccc(Br)cc2)S(C)(=O)=O)cc1. The molecule has 0 bridgehead atoms. The Morgan fingerprint density at radius 1 is 1.11 bits per heavy atom. The van der Waals surface area contributed by atoms with Crippen LogP contribution in [0.4, 0.5) is 5.69 Å². The molecule has 0 heterocycles. The summed E-state index contributed by atoms with van der Waals surface area (Å²) in [5.74, 6) is 0.471. The quantitative estimate of drug-likeness (QED) is 0.590. The van der Waals surface area contributed by atoms with Gasteiger partial charge in [-0.3, -0.25) is 9.10 Å². The lowest BCUT2D eigenvalue weighted by Crippen LogP contribution is -2.40. The molecule has 6 nitrogen and oxygen atoms in total. The van der Waals surface area contributed by atoms with E-state index in [1.54, 1.807) is 31.4 Å². The highest BCUT2D eigenvalue weighted by atomic mass is 79.9. The van der Waals surface area contributed by atoms with Gasteiger partial charge in [-0.15, -0.1) is 0 Å². The molecule has 27 heavy (non-hydrogen) atoms. The van der Waals surface area contributed by atoms with E-state index in [9.17, 15) is 13.2 Å². The molecule has 2 rings (SSSR count). The molecule has 0 fully saturated rings. The fourth-order valence-corrected chi connectivity index (χ4v) is 3.63. The number of hydrogen-bond acceptors (Lipinski definition) is 4. The first-order chi connectivity index (χ1) is 12.8. The topological polar surface area (TPSA) is 75.7 Å². The lowest BCUT2D eigenvalue weighted by Gasteiger charge is -2.22. The summed E-state index contributed by atoms with van der Waals surface area (Å²) in [6.07, 6.45) is 2.66. The third-order valence-electron chi connectivity index (χ3n) is 3.93. The zero-order valence-electron chi connectivity index (χ0n) is 15.3. The van der Waals surface area contributed by atoms with Crippen LogP contribution in [0.5, 0.6) is 5.75 Å². The van der Waals surface area contributed by atoms with Crippen molar-refractivity contribution in [3.63, 3.8) is 0 Å². The molecule has 0 unspecified atom stereocenters. The molecule has 1 N–H and O–H groups in total. The van der Waals surface area contributed by atoms with Crippen LogP contribution >= 0.6 is 15.9 Å². The molecule has 146 valence electrons. The molecule has 0 saturated carbocycles. The van der Waals surface area contributed by atoms with Crippen molar-refractivity contribution in [1.82, 2.24) is 5.32 Å². The van der Waals surface area contributed by atoms with Gasteiger partial charge in [0.2, 0.25) is 15.9 Å². The summed E-state index contributed by atoms with van der Waals surface area (Å²) < 4.78 is 31.1. The third-order valence-corrected chi connectivity index (χ3v) is 5.59. The number of anilines is 1. The summed E-state index contributed by atoms with van der Waals surface area (Å²) in [5, 5.41) is 2.78. The monoisotopic (exact) mass is 454 g/mol. The van der Waals surface area contributed by atoms with Crippen LogP contribution in [0.25, 0.3) is 0 Å². The summed E-state index contributed by atoms with van der Waals surface area (Å²) >= 11 is 3.31. The van der Waals surface area contributed by atoms with Crippen LogP contribution in [0.3, 0.4) is 0 Å². The highest BCUT2D eigenvalue weighted by Crippen LogP contribution is 2.20. The maximum atomic E-state index is 12.2. The average Bonchev–Trinajstić information content (AvgIpc) is 2.64. The van der Waals surface area contributed by atoms with E-state index in [0.29, 0.717) is 12.2 Å². The van der Waals surface area contributed by atoms with Gasteiger partial charge < -0.3 is 10.1 Å². The number of amides is 1. The molecule has 0 spiro atoms. The zero-order chi connectivity index (χ0) is 19.9. The molecule has 1 amide bonds. The molecule has 0 radical (unpaired) electrons. The smallest absolute Gasteiger partial charge is 0.240 e. The minimum Gasteiger partial charge on any atom is -0.497 e. The van der Waals surface area contributed by atoms with Crippen molar-refractivity contribution in [1.29, 1.82) is 0 Å². The Balaban J connectivity index is 1.85. The van der Waals surface area contributed by atoms with Crippen molar-refractivity contribution >= 4 is 37.5 Å². The molecule has 2 aromatic rings. The fourth-order valence-electron chi connectivity index (χ4n) is 2.51. The van der Waals surface area contributed by atoms with E-state index in [0.717, 1.165) is 39.2 Å². The second-order valence-corrected chi connectivity index (χ2v) is 8.87. The van der Waals surface area contributed by atoms with E-state index in [-0.39, 0.29) is 12.5 Å². The predicted molar refractivity (Wildman–Crippen MR) is 111 cm³/mol. The number of halogens is 1. The van der Waals surface area contributed by atoms with Gasteiger partial charge in [-0.25, -0.2) is 8.42 Å². The van der Waals surface area contributed by atoms with Crippen LogP contribution < -0.4 is 14.4 Å². The number of rotatable bonds is 9. The van der Waals surface area contributed by atoms with Crippen LogP contribution in [0.15, 0.2) is 53.0 Å². The van der Waals surface area contributed by atoms with Crippen molar-refractivity contribution in [2.45, 2.75) is 12.8 Å². The Morgan fingerprint density at radius 2 is 1.74 bits per heavy atom. The third kappa shape index (κ3) is 6.88. The molecule has 0 aliphatic carbocycles. The van der Waals surface area contributed by atoms with Crippen molar-refractivity contribution in [2.24, 2.45) is 0 Å². The van der Waals surface area contributed by atoms with Crippen molar-refractivity contribution in [2.75, 3.05) is 30.8 Å². The van der Waals surface area contributed by atoms with E-state index >= 15 is 0 Å².